The molecular formula is C32H41N5O5. The Hall–Kier alpha value is -4.08. The van der Waals surface area contributed by atoms with Crippen LogP contribution in [0.1, 0.15) is 70.0 Å². The van der Waals surface area contributed by atoms with Gasteiger partial charge in [-0.2, -0.15) is 0 Å². The lowest BCUT2D eigenvalue weighted by molar-refractivity contribution is -0.160. The van der Waals surface area contributed by atoms with Gasteiger partial charge in [-0.25, -0.2) is 9.59 Å². The third-order valence-electron chi connectivity index (χ3n) is 8.18. The van der Waals surface area contributed by atoms with Crippen molar-refractivity contribution in [3.63, 3.8) is 0 Å². The summed E-state index contributed by atoms with van der Waals surface area (Å²) in [6.45, 7) is 6.72. The third-order valence-corrected chi connectivity index (χ3v) is 8.18. The number of rotatable bonds is 5. The normalized spacial score (nSPS) is 21.7. The second-order valence-electron chi connectivity index (χ2n) is 12.3. The summed E-state index contributed by atoms with van der Waals surface area (Å²) in [5.41, 5.74) is 2.20. The Morgan fingerprint density at radius 2 is 1.64 bits per heavy atom. The maximum Gasteiger partial charge on any atom is 0.326 e. The van der Waals surface area contributed by atoms with Crippen LogP contribution in [0, 0.1) is 0 Å². The summed E-state index contributed by atoms with van der Waals surface area (Å²) in [6.07, 6.45) is 3.19. The Kier molecular flexibility index (Phi) is 8.70. The highest BCUT2D eigenvalue weighted by Crippen LogP contribution is 2.32. The number of esters is 1. The van der Waals surface area contributed by atoms with E-state index in [0.717, 1.165) is 16.8 Å². The summed E-state index contributed by atoms with van der Waals surface area (Å²) in [6, 6.07) is 16.1. The van der Waals surface area contributed by atoms with Crippen molar-refractivity contribution in [2.45, 2.75) is 83.1 Å². The van der Waals surface area contributed by atoms with Gasteiger partial charge in [0, 0.05) is 31.4 Å². The Morgan fingerprint density at radius 3 is 2.36 bits per heavy atom. The van der Waals surface area contributed by atoms with Gasteiger partial charge in [-0.1, -0.05) is 48.5 Å². The number of piperidine rings is 1. The fraction of sp³-hybridized carbons (Fsp3) is 0.500. The third kappa shape index (κ3) is 6.86. The van der Waals surface area contributed by atoms with E-state index in [0.29, 0.717) is 51.7 Å². The van der Waals surface area contributed by atoms with Gasteiger partial charge in [-0.15, -0.1) is 0 Å². The number of hydrogen-bond acceptors (Lipinski definition) is 5. The van der Waals surface area contributed by atoms with Gasteiger partial charge < -0.3 is 30.1 Å². The van der Waals surface area contributed by atoms with Crippen LogP contribution in [0.5, 0.6) is 0 Å². The van der Waals surface area contributed by atoms with Gasteiger partial charge in [0.05, 0.1) is 6.04 Å². The van der Waals surface area contributed by atoms with Crippen molar-refractivity contribution < 1.29 is 23.9 Å². The molecule has 10 nitrogen and oxygen atoms in total. The summed E-state index contributed by atoms with van der Waals surface area (Å²) >= 11 is 0. The number of para-hydroxylation sites is 1. The molecule has 0 saturated carbocycles. The number of amides is 5. The summed E-state index contributed by atoms with van der Waals surface area (Å²) in [7, 11) is 0. The molecule has 0 aliphatic carbocycles. The number of likely N-dealkylation sites (tertiary alicyclic amines) is 2. The maximum absolute atomic E-state index is 13.9. The van der Waals surface area contributed by atoms with Crippen molar-refractivity contribution in [2.75, 3.05) is 25.0 Å². The molecule has 3 heterocycles. The second-order valence-corrected chi connectivity index (χ2v) is 12.3. The van der Waals surface area contributed by atoms with E-state index in [9.17, 15) is 19.2 Å². The largest absolute Gasteiger partial charge is 0.459 e. The smallest absolute Gasteiger partial charge is 0.326 e. The zero-order valence-electron chi connectivity index (χ0n) is 24.7. The predicted molar refractivity (Wildman–Crippen MR) is 159 cm³/mol. The van der Waals surface area contributed by atoms with Crippen LogP contribution in [0.25, 0.3) is 0 Å². The van der Waals surface area contributed by atoms with Crippen LogP contribution in [-0.2, 0) is 20.9 Å². The summed E-state index contributed by atoms with van der Waals surface area (Å²) in [4.78, 5) is 58.0. The Morgan fingerprint density at radius 1 is 0.952 bits per heavy atom. The monoisotopic (exact) mass is 575 g/mol. The number of nitrogens with zero attached hydrogens (tertiary/aromatic N) is 3. The van der Waals surface area contributed by atoms with Crippen LogP contribution in [0.15, 0.2) is 54.6 Å². The minimum Gasteiger partial charge on any atom is -0.459 e. The number of carbonyl (C=O) groups excluding carboxylic acids is 4. The number of nitrogens with one attached hydrogen (secondary N) is 2. The van der Waals surface area contributed by atoms with Crippen LogP contribution in [-0.4, -0.2) is 76.0 Å². The number of carbonyl (C=O) groups is 4. The Labute approximate surface area is 247 Å². The molecular weight excluding hydrogens is 534 g/mol. The SMILES string of the molecule is CC(C)(C)OC(=O)CN1C(=O)[C@H](NC(=O)N2CCC(N3Cc4ccccc4NC3=O)CC2)CCC[C@H]1c1ccccc1. The summed E-state index contributed by atoms with van der Waals surface area (Å²) < 4.78 is 5.55. The van der Waals surface area contributed by atoms with Crippen molar-refractivity contribution >= 4 is 29.6 Å². The van der Waals surface area contributed by atoms with Crippen LogP contribution < -0.4 is 10.6 Å². The molecule has 2 atom stereocenters. The minimum absolute atomic E-state index is 0.0258. The molecule has 10 heteroatoms. The molecule has 0 radical (unpaired) electrons. The van der Waals surface area contributed by atoms with Crippen molar-refractivity contribution in [1.82, 2.24) is 20.0 Å². The molecule has 0 spiro atoms. The highest BCUT2D eigenvalue weighted by atomic mass is 16.6. The number of benzene rings is 2. The van der Waals surface area contributed by atoms with E-state index in [4.69, 9.17) is 4.74 Å². The number of anilines is 1. The van der Waals surface area contributed by atoms with E-state index < -0.39 is 17.6 Å². The molecule has 2 saturated heterocycles. The first-order chi connectivity index (χ1) is 20.1. The van der Waals surface area contributed by atoms with Gasteiger partial charge >= 0.3 is 18.0 Å². The van der Waals surface area contributed by atoms with E-state index in [2.05, 4.69) is 10.6 Å². The molecule has 0 aromatic heterocycles. The number of urea groups is 2. The van der Waals surface area contributed by atoms with Crippen molar-refractivity contribution in [3.05, 3.63) is 65.7 Å². The molecule has 5 amide bonds. The predicted octanol–water partition coefficient (Wildman–Crippen LogP) is 4.67. The molecule has 224 valence electrons. The van der Waals surface area contributed by atoms with Gasteiger partial charge in [0.2, 0.25) is 5.91 Å². The van der Waals surface area contributed by atoms with Gasteiger partial charge in [-0.3, -0.25) is 9.59 Å². The van der Waals surface area contributed by atoms with E-state index in [1.807, 2.05) is 59.5 Å². The highest BCUT2D eigenvalue weighted by molar-refractivity contribution is 5.92. The molecule has 3 aliphatic heterocycles. The lowest BCUT2D eigenvalue weighted by Gasteiger charge is -2.40. The molecule has 0 bridgehead atoms. The van der Waals surface area contributed by atoms with Crippen molar-refractivity contribution in [1.29, 1.82) is 0 Å². The Balaban J connectivity index is 1.22. The van der Waals surface area contributed by atoms with Gasteiger partial charge in [0.1, 0.15) is 18.2 Å². The molecule has 42 heavy (non-hydrogen) atoms. The van der Waals surface area contributed by atoms with Crippen LogP contribution in [0.3, 0.4) is 0 Å². The average molecular weight is 576 g/mol. The lowest BCUT2D eigenvalue weighted by atomic mass is 10.0. The van der Waals surface area contributed by atoms with E-state index in [1.54, 1.807) is 30.6 Å². The number of hydrogen-bond donors (Lipinski definition) is 2. The first-order valence-corrected chi connectivity index (χ1v) is 14.9. The van der Waals surface area contributed by atoms with Crippen molar-refractivity contribution in [2.24, 2.45) is 0 Å². The first kappa shape index (κ1) is 29.4. The fourth-order valence-electron chi connectivity index (χ4n) is 6.14. The first-order valence-electron chi connectivity index (χ1n) is 14.9. The van der Waals surface area contributed by atoms with E-state index in [1.165, 1.54) is 0 Å². The number of ether oxygens (including phenoxy) is 1. The van der Waals surface area contributed by atoms with Gasteiger partial charge in [0.25, 0.3) is 0 Å². The molecule has 5 rings (SSSR count). The van der Waals surface area contributed by atoms with E-state index >= 15 is 0 Å². The van der Waals surface area contributed by atoms with Crippen LogP contribution in [0.2, 0.25) is 0 Å². The van der Waals surface area contributed by atoms with Gasteiger partial charge in [0.15, 0.2) is 0 Å². The zero-order valence-corrected chi connectivity index (χ0v) is 24.7. The molecule has 2 aromatic rings. The topological polar surface area (TPSA) is 111 Å². The van der Waals surface area contributed by atoms with E-state index in [-0.39, 0.29) is 36.6 Å². The molecule has 2 aromatic carbocycles. The zero-order chi connectivity index (χ0) is 29.9. The molecule has 2 N–H and O–H groups in total. The quantitative estimate of drug-likeness (QED) is 0.504. The van der Waals surface area contributed by atoms with Crippen molar-refractivity contribution in [3.8, 4) is 0 Å². The molecule has 0 unspecified atom stereocenters. The molecule has 2 fully saturated rings. The Bertz CT molecular complexity index is 1300. The second kappa shape index (κ2) is 12.4. The van der Waals surface area contributed by atoms with Crippen LogP contribution >= 0.6 is 0 Å². The summed E-state index contributed by atoms with van der Waals surface area (Å²) in [5, 5.41) is 5.94. The molecule has 3 aliphatic rings. The highest BCUT2D eigenvalue weighted by Gasteiger charge is 2.38. The maximum atomic E-state index is 13.9. The number of fused-ring (bicyclic) bond motifs is 1. The van der Waals surface area contributed by atoms with Crippen LogP contribution in [0.4, 0.5) is 15.3 Å². The average Bonchev–Trinajstić information content (AvgIpc) is 3.10. The minimum atomic E-state index is -0.740. The lowest BCUT2D eigenvalue weighted by Crippen LogP contribution is -2.56. The summed E-state index contributed by atoms with van der Waals surface area (Å²) in [5.74, 6) is -0.755. The van der Waals surface area contributed by atoms with Gasteiger partial charge in [-0.05, 0) is 70.1 Å². The fourth-order valence-corrected chi connectivity index (χ4v) is 6.14. The standard InChI is InChI=1S/C32H41N5O5/c1-32(2,3)42-28(38)21-37-27(22-10-5-4-6-11-22)15-9-14-26(29(37)39)34-30(40)35-18-16-24(17-19-35)36-20-23-12-7-8-13-25(23)33-31(36)41/h4-8,10-13,24,26-27H,9,14-21H2,1-3H3,(H,33,41)(H,34,40)/t26-,27+/m1/s1.